The highest BCUT2D eigenvalue weighted by atomic mass is 19.4. The number of halogens is 3. The average Bonchev–Trinajstić information content (AvgIpc) is 2.76. The third-order valence-corrected chi connectivity index (χ3v) is 5.23. The number of aryl methyl sites for hydroxylation is 1. The lowest BCUT2D eigenvalue weighted by molar-refractivity contribution is -0.140. The fourth-order valence-electron chi connectivity index (χ4n) is 3.72. The van der Waals surface area contributed by atoms with Crippen molar-refractivity contribution >= 4 is 16.7 Å². The zero-order valence-corrected chi connectivity index (χ0v) is 17.6. The topological polar surface area (TPSA) is 68.0 Å². The molecule has 0 bridgehead atoms. The molecule has 1 N–H and O–H groups in total. The molecule has 0 aliphatic rings. The molecule has 3 heterocycles. The van der Waals surface area contributed by atoms with Gasteiger partial charge in [-0.3, -0.25) is 9.78 Å². The Bertz CT molecular complexity index is 1350. The first-order chi connectivity index (χ1) is 15.2. The van der Waals surface area contributed by atoms with Crippen LogP contribution < -0.4 is 10.7 Å². The van der Waals surface area contributed by atoms with E-state index in [-0.39, 0.29) is 11.1 Å². The standard InChI is InChI=1S/C24H20F3N3O2/c1-13-10-17(15(3)30-19-7-5-9-29-23(19)24(25,26)27)22-18(11-13)20(31)14(2)21(32-22)16-6-4-8-28-12-16/h4-12,15,30H,1-3H3/t15-/m1/s1. The zero-order chi connectivity index (χ0) is 23.0. The fraction of sp³-hybridized carbons (Fsp3) is 0.208. The minimum absolute atomic E-state index is 0.149. The van der Waals surface area contributed by atoms with Crippen molar-refractivity contribution in [3.05, 3.63) is 87.6 Å². The van der Waals surface area contributed by atoms with Crippen LogP contribution in [0.15, 0.2) is 64.2 Å². The molecule has 3 aromatic heterocycles. The summed E-state index contributed by atoms with van der Waals surface area (Å²) in [4.78, 5) is 20.7. The monoisotopic (exact) mass is 439 g/mol. The van der Waals surface area contributed by atoms with E-state index in [4.69, 9.17) is 4.42 Å². The van der Waals surface area contributed by atoms with Crippen LogP contribution >= 0.6 is 0 Å². The summed E-state index contributed by atoms with van der Waals surface area (Å²) in [6, 6.07) is 9.20. The van der Waals surface area contributed by atoms with Crippen LogP contribution in [0.4, 0.5) is 18.9 Å². The van der Waals surface area contributed by atoms with Gasteiger partial charge in [-0.2, -0.15) is 13.2 Å². The van der Waals surface area contributed by atoms with E-state index in [1.165, 1.54) is 12.1 Å². The molecule has 0 saturated carbocycles. The van der Waals surface area contributed by atoms with Crippen LogP contribution in [0.3, 0.4) is 0 Å². The molecular weight excluding hydrogens is 419 g/mol. The predicted molar refractivity (Wildman–Crippen MR) is 116 cm³/mol. The molecule has 0 aliphatic heterocycles. The number of hydrogen-bond acceptors (Lipinski definition) is 5. The number of pyridine rings is 2. The number of fused-ring (bicyclic) bond motifs is 1. The molecule has 0 spiro atoms. The van der Waals surface area contributed by atoms with Crippen molar-refractivity contribution in [1.82, 2.24) is 9.97 Å². The molecule has 4 aromatic rings. The van der Waals surface area contributed by atoms with Crippen LogP contribution in [0.1, 0.15) is 35.3 Å². The normalized spacial score (nSPS) is 12.7. The van der Waals surface area contributed by atoms with Gasteiger partial charge in [-0.25, -0.2) is 4.98 Å². The van der Waals surface area contributed by atoms with Crippen LogP contribution in [0.5, 0.6) is 0 Å². The van der Waals surface area contributed by atoms with Crippen molar-refractivity contribution in [2.24, 2.45) is 0 Å². The minimum Gasteiger partial charge on any atom is -0.455 e. The average molecular weight is 439 g/mol. The van der Waals surface area contributed by atoms with E-state index < -0.39 is 17.9 Å². The molecule has 0 radical (unpaired) electrons. The lowest BCUT2D eigenvalue weighted by Crippen LogP contribution is -2.16. The number of hydrogen-bond donors (Lipinski definition) is 1. The van der Waals surface area contributed by atoms with Gasteiger partial charge in [0.05, 0.1) is 17.1 Å². The molecule has 0 unspecified atom stereocenters. The van der Waals surface area contributed by atoms with E-state index in [9.17, 15) is 18.0 Å². The van der Waals surface area contributed by atoms with E-state index in [2.05, 4.69) is 15.3 Å². The SMILES string of the molecule is Cc1cc([C@@H](C)Nc2cccnc2C(F)(F)F)c2oc(-c3cccnc3)c(C)c(=O)c2c1. The maximum atomic E-state index is 13.4. The number of rotatable bonds is 4. The molecule has 5 nitrogen and oxygen atoms in total. The Labute approximate surface area is 182 Å². The molecule has 0 saturated heterocycles. The Hall–Kier alpha value is -3.68. The third-order valence-electron chi connectivity index (χ3n) is 5.23. The van der Waals surface area contributed by atoms with Crippen molar-refractivity contribution in [2.75, 3.05) is 5.32 Å². The quantitative estimate of drug-likeness (QED) is 0.419. The van der Waals surface area contributed by atoms with Gasteiger partial charge in [0, 0.05) is 35.3 Å². The molecule has 8 heteroatoms. The third kappa shape index (κ3) is 3.95. The predicted octanol–water partition coefficient (Wildman–Crippen LogP) is 6.06. The van der Waals surface area contributed by atoms with Crippen molar-refractivity contribution < 1.29 is 17.6 Å². The first-order valence-corrected chi connectivity index (χ1v) is 9.94. The van der Waals surface area contributed by atoms with Gasteiger partial charge >= 0.3 is 6.18 Å². The lowest BCUT2D eigenvalue weighted by atomic mass is 9.99. The van der Waals surface area contributed by atoms with Crippen molar-refractivity contribution in [2.45, 2.75) is 33.0 Å². The smallest absolute Gasteiger partial charge is 0.435 e. The van der Waals surface area contributed by atoms with Crippen LogP contribution in [0, 0.1) is 13.8 Å². The Balaban J connectivity index is 1.88. The molecule has 0 fully saturated rings. The highest BCUT2D eigenvalue weighted by Gasteiger charge is 2.35. The van der Waals surface area contributed by atoms with Crippen LogP contribution in [0.2, 0.25) is 0 Å². The summed E-state index contributed by atoms with van der Waals surface area (Å²) in [5.41, 5.74) is 1.42. The number of aromatic nitrogens is 2. The number of nitrogens with zero attached hydrogens (tertiary/aromatic N) is 2. The summed E-state index contributed by atoms with van der Waals surface area (Å²) in [6.07, 6.45) is -0.291. The van der Waals surface area contributed by atoms with Gasteiger partial charge in [0.15, 0.2) is 11.1 Å². The lowest BCUT2D eigenvalue weighted by Gasteiger charge is -2.20. The summed E-state index contributed by atoms with van der Waals surface area (Å²) in [5, 5.41) is 3.27. The van der Waals surface area contributed by atoms with E-state index in [0.29, 0.717) is 33.4 Å². The van der Waals surface area contributed by atoms with Crippen molar-refractivity contribution in [3.63, 3.8) is 0 Å². The molecule has 1 atom stereocenters. The van der Waals surface area contributed by atoms with Crippen LogP contribution in [-0.4, -0.2) is 9.97 Å². The van der Waals surface area contributed by atoms with Gasteiger partial charge in [-0.15, -0.1) is 0 Å². The minimum atomic E-state index is -4.60. The van der Waals surface area contributed by atoms with Gasteiger partial charge < -0.3 is 9.73 Å². The molecule has 0 aliphatic carbocycles. The molecule has 32 heavy (non-hydrogen) atoms. The number of nitrogens with one attached hydrogen (secondary N) is 1. The number of alkyl halides is 3. The fourth-order valence-corrected chi connectivity index (χ4v) is 3.72. The molecule has 0 amide bonds. The highest BCUT2D eigenvalue weighted by Crippen LogP contribution is 2.36. The van der Waals surface area contributed by atoms with E-state index in [1.807, 2.05) is 6.92 Å². The summed E-state index contributed by atoms with van der Waals surface area (Å²) in [6.45, 7) is 5.22. The van der Waals surface area contributed by atoms with Gasteiger partial charge in [-0.1, -0.05) is 6.07 Å². The first kappa shape index (κ1) is 21.5. The van der Waals surface area contributed by atoms with Gasteiger partial charge in [0.25, 0.3) is 0 Å². The van der Waals surface area contributed by atoms with Gasteiger partial charge in [0.2, 0.25) is 0 Å². The maximum absolute atomic E-state index is 13.4. The number of anilines is 1. The van der Waals surface area contributed by atoms with Crippen LogP contribution in [0.25, 0.3) is 22.3 Å². The largest absolute Gasteiger partial charge is 0.455 e. The van der Waals surface area contributed by atoms with Gasteiger partial charge in [-0.05, 0) is 56.7 Å². The summed E-state index contributed by atoms with van der Waals surface area (Å²) in [5.74, 6) is 0.380. The van der Waals surface area contributed by atoms with Crippen molar-refractivity contribution in [1.29, 1.82) is 0 Å². The van der Waals surface area contributed by atoms with Crippen molar-refractivity contribution in [3.8, 4) is 11.3 Å². The Morgan fingerprint density at radius 1 is 1.09 bits per heavy atom. The zero-order valence-electron chi connectivity index (χ0n) is 17.6. The summed E-state index contributed by atoms with van der Waals surface area (Å²) >= 11 is 0. The second kappa shape index (κ2) is 8.11. The van der Waals surface area contributed by atoms with Gasteiger partial charge in [0.1, 0.15) is 11.3 Å². The molecule has 1 aromatic carbocycles. The maximum Gasteiger partial charge on any atom is 0.435 e. The summed E-state index contributed by atoms with van der Waals surface area (Å²) in [7, 11) is 0. The molecule has 4 rings (SSSR count). The number of benzene rings is 1. The van der Waals surface area contributed by atoms with E-state index in [0.717, 1.165) is 11.8 Å². The van der Waals surface area contributed by atoms with E-state index in [1.54, 1.807) is 50.5 Å². The molecule has 164 valence electrons. The molecular formula is C24H20F3N3O2. The second-order valence-electron chi connectivity index (χ2n) is 7.62. The Morgan fingerprint density at radius 3 is 2.53 bits per heavy atom. The van der Waals surface area contributed by atoms with E-state index >= 15 is 0 Å². The second-order valence-corrected chi connectivity index (χ2v) is 7.62. The highest BCUT2D eigenvalue weighted by molar-refractivity contribution is 5.84. The van der Waals surface area contributed by atoms with Crippen LogP contribution in [-0.2, 0) is 6.18 Å². The Morgan fingerprint density at radius 2 is 1.84 bits per heavy atom. The summed E-state index contributed by atoms with van der Waals surface area (Å²) < 4.78 is 46.3. The Kier molecular flexibility index (Phi) is 5.46. The first-order valence-electron chi connectivity index (χ1n) is 9.94.